The van der Waals surface area contributed by atoms with Crippen LogP contribution >= 0.6 is 11.6 Å². The van der Waals surface area contributed by atoms with Gasteiger partial charge in [0.2, 0.25) is 0 Å². The highest BCUT2D eigenvalue weighted by molar-refractivity contribution is 6.29. The second-order valence-corrected chi connectivity index (χ2v) is 6.40. The SMILES string of the molecule is CC1(C)C2CNCC2CN1Cc1cccc(Cl)n1. The van der Waals surface area contributed by atoms with E-state index in [4.69, 9.17) is 11.6 Å². The van der Waals surface area contributed by atoms with Crippen molar-refractivity contribution in [3.05, 3.63) is 29.0 Å². The lowest BCUT2D eigenvalue weighted by Crippen LogP contribution is -2.44. The largest absolute Gasteiger partial charge is 0.316 e. The fourth-order valence-electron chi connectivity index (χ4n) is 3.51. The third-order valence-electron chi connectivity index (χ3n) is 4.64. The van der Waals surface area contributed by atoms with Crippen molar-refractivity contribution in [3.8, 4) is 0 Å². The van der Waals surface area contributed by atoms with Gasteiger partial charge in [-0.3, -0.25) is 4.90 Å². The molecule has 4 heteroatoms. The fourth-order valence-corrected chi connectivity index (χ4v) is 3.69. The van der Waals surface area contributed by atoms with Gasteiger partial charge in [-0.25, -0.2) is 4.98 Å². The van der Waals surface area contributed by atoms with Gasteiger partial charge in [0.05, 0.1) is 5.69 Å². The molecule has 0 aromatic carbocycles. The Morgan fingerprint density at radius 2 is 2.28 bits per heavy atom. The van der Waals surface area contributed by atoms with Crippen molar-refractivity contribution in [2.24, 2.45) is 11.8 Å². The average Bonchev–Trinajstić information content (AvgIpc) is 2.84. The van der Waals surface area contributed by atoms with Crippen LogP contribution in [0.2, 0.25) is 5.15 Å². The van der Waals surface area contributed by atoms with Crippen LogP contribution < -0.4 is 5.32 Å². The van der Waals surface area contributed by atoms with Crippen LogP contribution in [0.3, 0.4) is 0 Å². The minimum absolute atomic E-state index is 0.248. The van der Waals surface area contributed by atoms with Gasteiger partial charge in [-0.1, -0.05) is 17.7 Å². The molecule has 2 unspecified atom stereocenters. The molecule has 2 aliphatic rings. The molecule has 1 aromatic rings. The van der Waals surface area contributed by atoms with Gasteiger partial charge in [0.15, 0.2) is 0 Å². The molecule has 2 saturated heterocycles. The molecule has 1 aromatic heterocycles. The van der Waals surface area contributed by atoms with Crippen molar-refractivity contribution in [2.45, 2.75) is 25.9 Å². The maximum Gasteiger partial charge on any atom is 0.129 e. The molecular formula is C14H20ClN3. The molecule has 0 amide bonds. The summed E-state index contributed by atoms with van der Waals surface area (Å²) in [5.74, 6) is 1.55. The van der Waals surface area contributed by atoms with E-state index in [9.17, 15) is 0 Å². The van der Waals surface area contributed by atoms with Crippen molar-refractivity contribution in [1.29, 1.82) is 0 Å². The van der Waals surface area contributed by atoms with Crippen molar-refractivity contribution in [3.63, 3.8) is 0 Å². The summed E-state index contributed by atoms with van der Waals surface area (Å²) in [5, 5.41) is 4.10. The van der Waals surface area contributed by atoms with Crippen molar-refractivity contribution < 1.29 is 0 Å². The Bertz CT molecular complexity index is 446. The number of fused-ring (bicyclic) bond motifs is 1. The summed E-state index contributed by atoms with van der Waals surface area (Å²) in [7, 11) is 0. The fraction of sp³-hybridized carbons (Fsp3) is 0.643. The summed E-state index contributed by atoms with van der Waals surface area (Å²) in [5.41, 5.74) is 1.32. The first-order valence-electron chi connectivity index (χ1n) is 6.64. The van der Waals surface area contributed by atoms with Crippen LogP contribution in [0.1, 0.15) is 19.5 Å². The molecule has 0 saturated carbocycles. The predicted octanol–water partition coefficient (Wildman–Crippen LogP) is 2.16. The summed E-state index contributed by atoms with van der Waals surface area (Å²) < 4.78 is 0. The Morgan fingerprint density at radius 3 is 3.00 bits per heavy atom. The Labute approximate surface area is 114 Å². The van der Waals surface area contributed by atoms with Gasteiger partial charge >= 0.3 is 0 Å². The molecule has 2 atom stereocenters. The van der Waals surface area contributed by atoms with E-state index in [0.29, 0.717) is 5.15 Å². The topological polar surface area (TPSA) is 28.2 Å². The normalized spacial score (nSPS) is 30.6. The highest BCUT2D eigenvalue weighted by Crippen LogP contribution is 2.41. The zero-order valence-electron chi connectivity index (χ0n) is 11.0. The van der Waals surface area contributed by atoms with E-state index in [0.717, 1.165) is 37.2 Å². The summed E-state index contributed by atoms with van der Waals surface area (Å²) in [4.78, 5) is 6.96. The lowest BCUT2D eigenvalue weighted by molar-refractivity contribution is 0.130. The number of halogens is 1. The Balaban J connectivity index is 1.77. The first kappa shape index (κ1) is 12.4. The minimum atomic E-state index is 0.248. The second-order valence-electron chi connectivity index (χ2n) is 6.01. The van der Waals surface area contributed by atoms with E-state index in [1.54, 1.807) is 0 Å². The van der Waals surface area contributed by atoms with Crippen molar-refractivity contribution in [1.82, 2.24) is 15.2 Å². The quantitative estimate of drug-likeness (QED) is 0.831. The third-order valence-corrected chi connectivity index (χ3v) is 4.85. The van der Waals surface area contributed by atoms with E-state index in [2.05, 4.69) is 35.1 Å². The van der Waals surface area contributed by atoms with Crippen LogP contribution in [0.15, 0.2) is 18.2 Å². The van der Waals surface area contributed by atoms with Crippen molar-refractivity contribution >= 4 is 11.6 Å². The lowest BCUT2D eigenvalue weighted by atomic mass is 9.85. The van der Waals surface area contributed by atoms with Crippen LogP contribution in [0.25, 0.3) is 0 Å². The van der Waals surface area contributed by atoms with Gasteiger partial charge in [0.1, 0.15) is 5.15 Å². The summed E-state index contributed by atoms with van der Waals surface area (Å²) >= 11 is 5.96. The monoisotopic (exact) mass is 265 g/mol. The minimum Gasteiger partial charge on any atom is -0.316 e. The second kappa shape index (κ2) is 4.48. The van der Waals surface area contributed by atoms with Gasteiger partial charge in [-0.2, -0.15) is 0 Å². The highest BCUT2D eigenvalue weighted by atomic mass is 35.5. The van der Waals surface area contributed by atoms with Crippen LogP contribution in [0.5, 0.6) is 0 Å². The average molecular weight is 266 g/mol. The number of hydrogen-bond acceptors (Lipinski definition) is 3. The Morgan fingerprint density at radius 1 is 1.44 bits per heavy atom. The van der Waals surface area contributed by atoms with Gasteiger partial charge in [-0.15, -0.1) is 0 Å². The number of rotatable bonds is 2. The molecule has 98 valence electrons. The van der Waals surface area contributed by atoms with E-state index >= 15 is 0 Å². The van der Waals surface area contributed by atoms with Crippen LogP contribution in [-0.4, -0.2) is 35.1 Å². The molecule has 2 aliphatic heterocycles. The number of nitrogens with zero attached hydrogens (tertiary/aromatic N) is 2. The Hall–Kier alpha value is -0.640. The number of nitrogens with one attached hydrogen (secondary N) is 1. The number of aromatic nitrogens is 1. The smallest absolute Gasteiger partial charge is 0.129 e. The molecule has 3 nitrogen and oxygen atoms in total. The lowest BCUT2D eigenvalue weighted by Gasteiger charge is -2.35. The zero-order chi connectivity index (χ0) is 12.8. The molecule has 3 heterocycles. The van der Waals surface area contributed by atoms with Gasteiger partial charge in [0, 0.05) is 25.2 Å². The zero-order valence-corrected chi connectivity index (χ0v) is 11.7. The molecule has 0 spiro atoms. The molecule has 0 aliphatic carbocycles. The predicted molar refractivity (Wildman–Crippen MR) is 73.6 cm³/mol. The Kier molecular flexibility index (Phi) is 3.08. The molecule has 0 bridgehead atoms. The van der Waals surface area contributed by atoms with Gasteiger partial charge < -0.3 is 5.32 Å². The van der Waals surface area contributed by atoms with Crippen LogP contribution in [-0.2, 0) is 6.54 Å². The summed E-state index contributed by atoms with van der Waals surface area (Å²) in [6.07, 6.45) is 0. The van der Waals surface area contributed by atoms with E-state index < -0.39 is 0 Å². The molecule has 0 radical (unpaired) electrons. The number of likely N-dealkylation sites (tertiary alicyclic amines) is 1. The van der Waals surface area contributed by atoms with E-state index in [1.165, 1.54) is 6.54 Å². The van der Waals surface area contributed by atoms with Crippen LogP contribution in [0, 0.1) is 11.8 Å². The highest BCUT2D eigenvalue weighted by Gasteiger charge is 2.49. The molecule has 2 fully saturated rings. The van der Waals surface area contributed by atoms with Gasteiger partial charge in [-0.05, 0) is 44.4 Å². The third kappa shape index (κ3) is 2.04. The van der Waals surface area contributed by atoms with Crippen LogP contribution in [0.4, 0.5) is 0 Å². The maximum absolute atomic E-state index is 5.96. The standard InChI is InChI=1S/C14H20ClN3/c1-14(2)12-7-16-6-10(12)8-18(14)9-11-4-3-5-13(15)17-11/h3-5,10,12,16H,6-9H2,1-2H3. The van der Waals surface area contributed by atoms with E-state index in [-0.39, 0.29) is 5.54 Å². The molecule has 18 heavy (non-hydrogen) atoms. The summed E-state index contributed by atoms with van der Waals surface area (Å²) in [6, 6.07) is 5.88. The van der Waals surface area contributed by atoms with Crippen molar-refractivity contribution in [2.75, 3.05) is 19.6 Å². The molecule has 1 N–H and O–H groups in total. The maximum atomic E-state index is 5.96. The molecular weight excluding hydrogens is 246 g/mol. The number of pyridine rings is 1. The summed E-state index contributed by atoms with van der Waals surface area (Å²) in [6.45, 7) is 9.09. The molecule has 3 rings (SSSR count). The number of hydrogen-bond donors (Lipinski definition) is 1. The first-order chi connectivity index (χ1) is 8.57. The van der Waals surface area contributed by atoms with E-state index in [1.807, 2.05) is 12.1 Å². The van der Waals surface area contributed by atoms with Gasteiger partial charge in [0.25, 0.3) is 0 Å². The first-order valence-corrected chi connectivity index (χ1v) is 7.02.